The molecule has 4 saturated carbocycles. The number of fused-ring (bicyclic) bond motifs is 5. The highest BCUT2D eigenvalue weighted by molar-refractivity contribution is 5.15. The summed E-state index contributed by atoms with van der Waals surface area (Å²) in [4.78, 5) is 0. The molecule has 4 aliphatic rings. The first kappa shape index (κ1) is 35.0. The van der Waals surface area contributed by atoms with E-state index in [-0.39, 0.29) is 0 Å². The molecule has 0 N–H and O–H groups in total. The molecule has 0 amide bonds. The Morgan fingerprint density at radius 3 is 1.74 bits per heavy atom. The molecule has 0 aromatic carbocycles. The summed E-state index contributed by atoms with van der Waals surface area (Å²) < 4.78 is 0. The first-order valence-electron chi connectivity index (χ1n) is 16.7. The summed E-state index contributed by atoms with van der Waals surface area (Å²) in [6, 6.07) is 0. The maximum atomic E-state index is 2.77. The van der Waals surface area contributed by atoms with E-state index < -0.39 is 0 Å². The van der Waals surface area contributed by atoms with Gasteiger partial charge in [-0.1, -0.05) is 123 Å². The molecular formula is C35H72. The van der Waals surface area contributed by atoms with Crippen molar-refractivity contribution in [2.24, 2.45) is 45.3 Å². The van der Waals surface area contributed by atoms with E-state index >= 15 is 0 Å². The van der Waals surface area contributed by atoms with E-state index in [9.17, 15) is 0 Å². The van der Waals surface area contributed by atoms with Gasteiger partial charge in [0, 0.05) is 0 Å². The Morgan fingerprint density at radius 1 is 0.600 bits per heavy atom. The first-order chi connectivity index (χ1) is 16.7. The topological polar surface area (TPSA) is 0 Å². The van der Waals surface area contributed by atoms with Crippen LogP contribution in [-0.4, -0.2) is 0 Å². The van der Waals surface area contributed by atoms with E-state index in [2.05, 4.69) is 41.5 Å². The van der Waals surface area contributed by atoms with E-state index in [1.54, 1.807) is 6.42 Å². The van der Waals surface area contributed by atoms with Gasteiger partial charge in [0.05, 0.1) is 0 Å². The zero-order chi connectivity index (χ0) is 27.5. The quantitative estimate of drug-likeness (QED) is 0.366. The molecule has 4 fully saturated rings. The lowest BCUT2D eigenvalue weighted by Crippen LogP contribution is -2.61. The van der Waals surface area contributed by atoms with E-state index in [1.807, 2.05) is 55.4 Å². The molecule has 0 saturated heterocycles. The van der Waals surface area contributed by atoms with Gasteiger partial charge in [-0.2, -0.15) is 0 Å². The average molecular weight is 493 g/mol. The summed E-state index contributed by atoms with van der Waals surface area (Å²) in [5.74, 6) is 3.91. The minimum atomic E-state index is 0.620. The van der Waals surface area contributed by atoms with Gasteiger partial charge in [-0.15, -0.1) is 0 Å². The lowest BCUT2D eigenvalue weighted by atomic mass is 9.36. The van der Waals surface area contributed by atoms with Gasteiger partial charge in [0.25, 0.3) is 0 Å². The third-order valence-corrected chi connectivity index (χ3v) is 11.5. The Balaban J connectivity index is 0.00000132. The molecule has 35 heavy (non-hydrogen) atoms. The maximum Gasteiger partial charge on any atom is -0.0238 e. The van der Waals surface area contributed by atoms with Gasteiger partial charge in [-0.25, -0.2) is 0 Å². The molecule has 7 atom stereocenters. The van der Waals surface area contributed by atoms with E-state index in [4.69, 9.17) is 0 Å². The van der Waals surface area contributed by atoms with Crippen LogP contribution in [0.3, 0.4) is 0 Å². The van der Waals surface area contributed by atoms with Gasteiger partial charge in [0.1, 0.15) is 0 Å². The van der Waals surface area contributed by atoms with Crippen LogP contribution >= 0.6 is 0 Å². The van der Waals surface area contributed by atoms with Crippen LogP contribution < -0.4 is 0 Å². The molecule has 0 spiro atoms. The number of rotatable bonds is 4. The van der Waals surface area contributed by atoms with Crippen LogP contribution in [0.1, 0.15) is 180 Å². The normalized spacial score (nSPS) is 41.1. The molecule has 0 bridgehead atoms. The second-order valence-corrected chi connectivity index (χ2v) is 12.9. The first-order valence-corrected chi connectivity index (χ1v) is 16.7. The Morgan fingerprint density at radius 2 is 1.17 bits per heavy atom. The fourth-order valence-electron chi connectivity index (χ4n) is 9.59. The van der Waals surface area contributed by atoms with Crippen LogP contribution in [0.15, 0.2) is 0 Å². The average Bonchev–Trinajstić information content (AvgIpc) is 3.22. The third kappa shape index (κ3) is 6.72. The maximum absolute atomic E-state index is 2.77. The number of hydrogen-bond donors (Lipinski definition) is 0. The van der Waals surface area contributed by atoms with E-state index in [0.717, 1.165) is 23.7 Å². The van der Waals surface area contributed by atoms with Gasteiger partial charge >= 0.3 is 0 Å². The monoisotopic (exact) mass is 493 g/mol. The lowest BCUT2D eigenvalue weighted by molar-refractivity contribution is -0.197. The zero-order valence-corrected chi connectivity index (χ0v) is 27.5. The van der Waals surface area contributed by atoms with Crippen LogP contribution in [0.2, 0.25) is 0 Å². The molecule has 0 nitrogen and oxygen atoms in total. The van der Waals surface area contributed by atoms with Gasteiger partial charge in [0.15, 0.2) is 0 Å². The Kier molecular flexibility index (Phi) is 15.4. The van der Waals surface area contributed by atoms with Crippen molar-refractivity contribution in [2.45, 2.75) is 180 Å². The van der Waals surface area contributed by atoms with Crippen molar-refractivity contribution in [1.82, 2.24) is 0 Å². The van der Waals surface area contributed by atoms with E-state index in [1.165, 1.54) is 77.0 Å². The SMILES string of the molecule is CC.CC.CC.CC.CC(C)CCCC1CCC2[C@]3(C)CCC4(C)CCCC[C@]4(C)C3CC[C@]12C. The second kappa shape index (κ2) is 15.4. The van der Waals surface area contributed by atoms with Gasteiger partial charge < -0.3 is 0 Å². The van der Waals surface area contributed by atoms with Crippen molar-refractivity contribution in [3.8, 4) is 0 Å². The lowest BCUT2D eigenvalue weighted by Gasteiger charge is -2.69. The summed E-state index contributed by atoms with van der Waals surface area (Å²) in [6.45, 7) is 31.7. The molecule has 4 rings (SSSR count). The van der Waals surface area contributed by atoms with Crippen molar-refractivity contribution in [1.29, 1.82) is 0 Å². The minimum Gasteiger partial charge on any atom is -0.0683 e. The highest BCUT2D eigenvalue weighted by atomic mass is 14.7. The van der Waals surface area contributed by atoms with Crippen LogP contribution in [-0.2, 0) is 0 Å². The molecule has 212 valence electrons. The van der Waals surface area contributed by atoms with Crippen molar-refractivity contribution < 1.29 is 0 Å². The Hall–Kier alpha value is 0. The summed E-state index contributed by atoms with van der Waals surface area (Å²) >= 11 is 0. The zero-order valence-electron chi connectivity index (χ0n) is 27.5. The van der Waals surface area contributed by atoms with Crippen LogP contribution in [0.4, 0.5) is 0 Å². The smallest absolute Gasteiger partial charge is 0.0238 e. The highest BCUT2D eigenvalue weighted by Gasteiger charge is 2.66. The van der Waals surface area contributed by atoms with E-state index in [0.29, 0.717) is 21.7 Å². The standard InChI is InChI=1S/C27H48.4C2H6/c1-20(2)10-9-11-21-12-13-22-25(21,4)17-14-23-26(22,5)19-18-24(3)15-7-8-16-27(23,24)6;4*1-2/h20-23H,7-19H2,1-6H3;4*1-2H3/t21?,22?,23?,24?,25-,26+,27-;;;;/m1..../s1. The van der Waals surface area contributed by atoms with Gasteiger partial charge in [0.2, 0.25) is 0 Å². The number of hydrogen-bond acceptors (Lipinski definition) is 0. The molecular weight excluding hydrogens is 420 g/mol. The van der Waals surface area contributed by atoms with Crippen molar-refractivity contribution in [2.75, 3.05) is 0 Å². The van der Waals surface area contributed by atoms with Crippen LogP contribution in [0.5, 0.6) is 0 Å². The fourth-order valence-corrected chi connectivity index (χ4v) is 9.59. The summed E-state index contributed by atoms with van der Waals surface area (Å²) in [6.07, 6.45) is 19.6. The molecule has 0 heteroatoms. The minimum absolute atomic E-state index is 0.620. The molecule has 0 aliphatic heterocycles. The molecule has 4 unspecified atom stereocenters. The molecule has 0 heterocycles. The summed E-state index contributed by atoms with van der Waals surface area (Å²) in [7, 11) is 0. The fraction of sp³-hybridized carbons (Fsp3) is 1.00. The Labute approximate surface area is 225 Å². The largest absolute Gasteiger partial charge is 0.0683 e. The predicted octanol–water partition coefficient (Wildman–Crippen LogP) is 12.7. The van der Waals surface area contributed by atoms with Crippen LogP contribution in [0, 0.1) is 45.3 Å². The van der Waals surface area contributed by atoms with Gasteiger partial charge in [-0.05, 0) is 103 Å². The molecule has 0 radical (unpaired) electrons. The summed E-state index contributed by atoms with van der Waals surface area (Å²) in [5, 5.41) is 0. The van der Waals surface area contributed by atoms with Crippen molar-refractivity contribution in [3.63, 3.8) is 0 Å². The predicted molar refractivity (Wildman–Crippen MR) is 163 cm³/mol. The van der Waals surface area contributed by atoms with Crippen molar-refractivity contribution >= 4 is 0 Å². The van der Waals surface area contributed by atoms with Crippen molar-refractivity contribution in [3.05, 3.63) is 0 Å². The van der Waals surface area contributed by atoms with Gasteiger partial charge in [-0.3, -0.25) is 0 Å². The highest BCUT2D eigenvalue weighted by Crippen LogP contribution is 2.75. The molecule has 4 aliphatic carbocycles. The van der Waals surface area contributed by atoms with Crippen LogP contribution in [0.25, 0.3) is 0 Å². The third-order valence-electron chi connectivity index (χ3n) is 11.5. The second-order valence-electron chi connectivity index (χ2n) is 12.9. The molecule has 0 aromatic heterocycles. The Bertz CT molecular complexity index is 548. The summed E-state index contributed by atoms with van der Waals surface area (Å²) in [5.41, 5.74) is 2.54. The molecule has 0 aromatic rings.